The molecule has 1 aromatic carbocycles. The minimum absolute atomic E-state index is 0.0228. The lowest BCUT2D eigenvalue weighted by molar-refractivity contribution is -0.129. The highest BCUT2D eigenvalue weighted by Crippen LogP contribution is 2.36. The van der Waals surface area contributed by atoms with Crippen LogP contribution >= 0.6 is 0 Å². The molecule has 164 valence electrons. The average Bonchev–Trinajstić information content (AvgIpc) is 3.42. The first-order chi connectivity index (χ1) is 15.2. The normalized spacial score (nSPS) is 16.0. The average molecular weight is 436 g/mol. The molecule has 2 unspecified atom stereocenters. The zero-order chi connectivity index (χ0) is 23.2. The number of hydrogen-bond donors (Lipinski definition) is 4. The molecule has 0 bridgehead atoms. The Bertz CT molecular complexity index is 1270. The van der Waals surface area contributed by atoms with E-state index < -0.39 is 24.1 Å². The van der Waals surface area contributed by atoms with Gasteiger partial charge in [-0.25, -0.2) is 9.48 Å². The van der Waals surface area contributed by atoms with Crippen LogP contribution in [0.2, 0.25) is 0 Å². The molecule has 4 rings (SSSR count). The molecule has 5 N–H and O–H groups in total. The highest BCUT2D eigenvalue weighted by Gasteiger charge is 2.35. The fourth-order valence-corrected chi connectivity index (χ4v) is 4.04. The van der Waals surface area contributed by atoms with Crippen molar-refractivity contribution in [3.8, 4) is 0 Å². The van der Waals surface area contributed by atoms with Gasteiger partial charge < -0.3 is 25.8 Å². The van der Waals surface area contributed by atoms with Gasteiger partial charge in [0.1, 0.15) is 0 Å². The molecule has 3 aromatic rings. The van der Waals surface area contributed by atoms with Gasteiger partial charge >= 0.3 is 5.97 Å². The molecular formula is C21H20N6O5. The van der Waals surface area contributed by atoms with Crippen molar-refractivity contribution in [3.05, 3.63) is 64.7 Å². The number of carbonyl (C=O) groups is 3. The molecule has 11 nitrogen and oxygen atoms in total. The van der Waals surface area contributed by atoms with Crippen molar-refractivity contribution >= 4 is 35.1 Å². The maximum Gasteiger partial charge on any atom is 0.337 e. The number of aliphatic hydroxyl groups excluding tert-OH is 1. The Morgan fingerprint density at radius 3 is 2.59 bits per heavy atom. The molecule has 0 aliphatic carbocycles. The predicted octanol–water partition coefficient (Wildman–Crippen LogP) is 0.780. The summed E-state index contributed by atoms with van der Waals surface area (Å²) in [5.41, 5.74) is 7.83. The van der Waals surface area contributed by atoms with E-state index in [4.69, 9.17) is 5.73 Å². The van der Waals surface area contributed by atoms with Crippen LogP contribution in [0.15, 0.2) is 36.7 Å². The van der Waals surface area contributed by atoms with Crippen LogP contribution in [0, 0.1) is 13.8 Å². The largest absolute Gasteiger partial charge is 0.478 e. The third-order valence-corrected chi connectivity index (χ3v) is 5.50. The Labute approximate surface area is 181 Å². The zero-order valence-corrected chi connectivity index (χ0v) is 17.2. The van der Waals surface area contributed by atoms with Gasteiger partial charge in [-0.1, -0.05) is 23.4 Å². The van der Waals surface area contributed by atoms with E-state index in [0.29, 0.717) is 28.1 Å². The smallest absolute Gasteiger partial charge is 0.337 e. The Kier molecular flexibility index (Phi) is 5.11. The van der Waals surface area contributed by atoms with E-state index in [0.717, 1.165) is 0 Å². The van der Waals surface area contributed by atoms with Crippen molar-refractivity contribution in [2.24, 2.45) is 5.73 Å². The number of carboxylic acid groups (broad SMARTS) is 1. The van der Waals surface area contributed by atoms with E-state index in [1.54, 1.807) is 38.1 Å². The van der Waals surface area contributed by atoms with E-state index in [1.165, 1.54) is 27.7 Å². The van der Waals surface area contributed by atoms with E-state index >= 15 is 0 Å². The van der Waals surface area contributed by atoms with Crippen molar-refractivity contribution in [1.82, 2.24) is 19.6 Å². The van der Waals surface area contributed by atoms with Crippen LogP contribution in [0.4, 0.5) is 5.69 Å². The maximum absolute atomic E-state index is 12.7. The van der Waals surface area contributed by atoms with Crippen LogP contribution in [-0.4, -0.2) is 53.7 Å². The number of nitrogens with zero attached hydrogens (tertiary/aromatic N) is 4. The number of nitrogens with one attached hydrogen (secondary N) is 1. The monoisotopic (exact) mass is 436 g/mol. The molecule has 0 spiro atoms. The molecule has 0 radical (unpaired) electrons. The second kappa shape index (κ2) is 7.78. The summed E-state index contributed by atoms with van der Waals surface area (Å²) in [7, 11) is 0. The number of rotatable bonds is 6. The summed E-state index contributed by atoms with van der Waals surface area (Å²) < 4.78 is 2.64. The molecule has 11 heteroatoms. The predicted molar refractivity (Wildman–Crippen MR) is 113 cm³/mol. The standard InChI is InChI=1S/C21H20N6O5/c1-10-15(9-13-12-5-3-4-6-14(12)24-19(13)30)27(11(2)16(10)21(31)32)20(17(28)18(22)29)26-8-7-23-25-26/h3-9,17,20,28H,1-2H3,(H2,22,29)(H,24,30)(H,31,32). The summed E-state index contributed by atoms with van der Waals surface area (Å²) in [6, 6.07) is 7.08. The number of carbonyl (C=O) groups excluding carboxylic acids is 2. The van der Waals surface area contributed by atoms with Crippen LogP contribution < -0.4 is 11.1 Å². The summed E-state index contributed by atoms with van der Waals surface area (Å²) >= 11 is 0. The molecule has 3 heterocycles. The van der Waals surface area contributed by atoms with Gasteiger partial charge in [0.2, 0.25) is 0 Å². The number of amides is 2. The number of fused-ring (bicyclic) bond motifs is 1. The highest BCUT2D eigenvalue weighted by molar-refractivity contribution is 6.34. The van der Waals surface area contributed by atoms with Crippen LogP contribution in [0.5, 0.6) is 0 Å². The molecule has 2 amide bonds. The molecule has 2 atom stereocenters. The molecule has 0 saturated carbocycles. The minimum atomic E-state index is -1.76. The lowest BCUT2D eigenvalue weighted by Gasteiger charge is -2.26. The number of aromatic carboxylic acids is 1. The van der Waals surface area contributed by atoms with Crippen molar-refractivity contribution in [2.45, 2.75) is 26.1 Å². The Hall–Kier alpha value is -4.25. The Morgan fingerprint density at radius 1 is 1.25 bits per heavy atom. The first-order valence-electron chi connectivity index (χ1n) is 9.62. The Balaban J connectivity index is 2.02. The van der Waals surface area contributed by atoms with Gasteiger partial charge in [-0.05, 0) is 31.6 Å². The number of para-hydroxylation sites is 1. The number of carboxylic acids is 1. The number of hydrogen-bond acceptors (Lipinski definition) is 6. The molecule has 0 saturated heterocycles. The lowest BCUT2D eigenvalue weighted by Crippen LogP contribution is -2.41. The van der Waals surface area contributed by atoms with Gasteiger partial charge in [0.05, 0.1) is 17.3 Å². The van der Waals surface area contributed by atoms with Crippen molar-refractivity contribution < 1.29 is 24.6 Å². The fraction of sp³-hybridized carbons (Fsp3) is 0.190. The number of anilines is 1. The number of primary amides is 1. The zero-order valence-electron chi connectivity index (χ0n) is 17.2. The SMILES string of the molecule is Cc1c(C(=O)O)c(C)n(C(C(O)C(N)=O)n2ccnn2)c1C=C1C(=O)Nc2ccccc21. The third-order valence-electron chi connectivity index (χ3n) is 5.50. The van der Waals surface area contributed by atoms with Gasteiger partial charge in [0.15, 0.2) is 12.3 Å². The summed E-state index contributed by atoms with van der Waals surface area (Å²) in [5.74, 6) is -2.59. The first kappa shape index (κ1) is 21.0. The van der Waals surface area contributed by atoms with Crippen molar-refractivity contribution in [2.75, 3.05) is 5.32 Å². The summed E-state index contributed by atoms with van der Waals surface area (Å²) in [6.07, 6.45) is 1.32. The summed E-state index contributed by atoms with van der Waals surface area (Å²) in [5, 5.41) is 30.8. The Morgan fingerprint density at radius 2 is 1.97 bits per heavy atom. The maximum atomic E-state index is 12.7. The van der Waals surface area contributed by atoms with Gasteiger partial charge in [0.25, 0.3) is 11.8 Å². The quantitative estimate of drug-likeness (QED) is 0.414. The second-order valence-electron chi connectivity index (χ2n) is 7.35. The van der Waals surface area contributed by atoms with Crippen LogP contribution in [0.1, 0.15) is 39.0 Å². The van der Waals surface area contributed by atoms with Crippen LogP contribution in [-0.2, 0) is 9.59 Å². The van der Waals surface area contributed by atoms with Crippen LogP contribution in [0.3, 0.4) is 0 Å². The molecule has 1 aliphatic heterocycles. The van der Waals surface area contributed by atoms with E-state index in [1.807, 2.05) is 0 Å². The lowest BCUT2D eigenvalue weighted by atomic mass is 10.0. The number of aliphatic hydroxyl groups is 1. The molecule has 0 fully saturated rings. The molecule has 1 aliphatic rings. The van der Waals surface area contributed by atoms with Gasteiger partial charge in [0, 0.05) is 28.8 Å². The van der Waals surface area contributed by atoms with E-state index in [-0.39, 0.29) is 17.2 Å². The fourth-order valence-electron chi connectivity index (χ4n) is 4.04. The number of aromatic nitrogens is 4. The molecule has 2 aromatic heterocycles. The van der Waals surface area contributed by atoms with Gasteiger partial charge in [-0.15, -0.1) is 5.10 Å². The van der Waals surface area contributed by atoms with E-state index in [9.17, 15) is 24.6 Å². The highest BCUT2D eigenvalue weighted by atomic mass is 16.4. The summed E-state index contributed by atoms with van der Waals surface area (Å²) in [4.78, 5) is 36.6. The van der Waals surface area contributed by atoms with Gasteiger partial charge in [-0.3, -0.25) is 9.59 Å². The third kappa shape index (κ3) is 3.24. The topological polar surface area (TPSA) is 165 Å². The molecular weight excluding hydrogens is 416 g/mol. The van der Waals surface area contributed by atoms with Crippen molar-refractivity contribution in [3.63, 3.8) is 0 Å². The summed E-state index contributed by atoms with van der Waals surface area (Å²) in [6.45, 7) is 3.13. The van der Waals surface area contributed by atoms with E-state index in [2.05, 4.69) is 15.6 Å². The molecule has 32 heavy (non-hydrogen) atoms. The van der Waals surface area contributed by atoms with Gasteiger partial charge in [-0.2, -0.15) is 0 Å². The van der Waals surface area contributed by atoms with Crippen molar-refractivity contribution in [1.29, 1.82) is 0 Å². The minimum Gasteiger partial charge on any atom is -0.478 e. The number of benzene rings is 1. The van der Waals surface area contributed by atoms with Crippen LogP contribution in [0.25, 0.3) is 11.6 Å². The number of nitrogens with two attached hydrogens (primary N) is 1. The first-order valence-corrected chi connectivity index (χ1v) is 9.62. The second-order valence-corrected chi connectivity index (χ2v) is 7.35.